The maximum Gasteiger partial charge on any atom is 0.246 e. The van der Waals surface area contributed by atoms with Gasteiger partial charge in [-0.05, 0) is 29.8 Å². The van der Waals surface area contributed by atoms with Crippen molar-refractivity contribution in [1.29, 1.82) is 0 Å². The number of halogens is 2. The fraction of sp³-hybridized carbons (Fsp3) is 1.00. The van der Waals surface area contributed by atoms with Gasteiger partial charge in [0.05, 0.1) is 0 Å². The Morgan fingerprint density at radius 1 is 0.524 bits per heavy atom. The van der Waals surface area contributed by atoms with E-state index < -0.39 is 16.8 Å². The van der Waals surface area contributed by atoms with Gasteiger partial charge in [0.25, 0.3) is 0 Å². The van der Waals surface area contributed by atoms with Gasteiger partial charge < -0.3 is 8.22 Å². The van der Waals surface area contributed by atoms with Crippen molar-refractivity contribution in [1.82, 2.24) is 0 Å². The maximum atomic E-state index is 15.4. The first kappa shape index (κ1) is 21.3. The molecule has 0 atom stereocenters. The van der Waals surface area contributed by atoms with Crippen molar-refractivity contribution in [2.75, 3.05) is 0 Å². The lowest BCUT2D eigenvalue weighted by Gasteiger charge is -2.31. The van der Waals surface area contributed by atoms with E-state index in [-0.39, 0.29) is 0 Å². The van der Waals surface area contributed by atoms with E-state index in [0.29, 0.717) is 29.8 Å². The van der Waals surface area contributed by atoms with Crippen molar-refractivity contribution in [3.8, 4) is 0 Å². The molecule has 4 heteroatoms. The molecule has 0 saturated carbocycles. The highest BCUT2D eigenvalue weighted by Crippen LogP contribution is 2.37. The summed E-state index contributed by atoms with van der Waals surface area (Å²) in [7, 11) is -5.68. The standard InChI is InChI=1S/C17H38F2Si2/c1-5-9-13-20(18,14-10-6-2)17-21(19,15-11-7-3)16-12-8-4/h5-17H2,1-4H3. The highest BCUT2D eigenvalue weighted by atomic mass is 28.4. The summed E-state index contributed by atoms with van der Waals surface area (Å²) in [5.41, 5.74) is 0.403. The molecule has 0 N–H and O–H groups in total. The molecular weight excluding hydrogens is 298 g/mol. The van der Waals surface area contributed by atoms with Gasteiger partial charge in [-0.3, -0.25) is 0 Å². The Morgan fingerprint density at radius 2 is 0.762 bits per heavy atom. The van der Waals surface area contributed by atoms with Gasteiger partial charge in [-0.1, -0.05) is 79.1 Å². The van der Waals surface area contributed by atoms with Crippen molar-refractivity contribution in [2.45, 2.75) is 109 Å². The highest BCUT2D eigenvalue weighted by Gasteiger charge is 2.45. The van der Waals surface area contributed by atoms with Crippen LogP contribution in [0.15, 0.2) is 0 Å². The van der Waals surface area contributed by atoms with Gasteiger partial charge in [0.2, 0.25) is 16.8 Å². The molecule has 0 aliphatic rings. The summed E-state index contributed by atoms with van der Waals surface area (Å²) < 4.78 is 30.9. The second-order valence-corrected chi connectivity index (χ2v) is 14.9. The average molecular weight is 337 g/mol. The van der Waals surface area contributed by atoms with E-state index in [0.717, 1.165) is 51.4 Å². The summed E-state index contributed by atoms with van der Waals surface area (Å²) in [6.07, 6.45) is 7.98. The van der Waals surface area contributed by atoms with Crippen LogP contribution >= 0.6 is 0 Å². The zero-order valence-electron chi connectivity index (χ0n) is 14.9. The molecule has 0 saturated heterocycles. The van der Waals surface area contributed by atoms with Crippen LogP contribution in [0.5, 0.6) is 0 Å². The van der Waals surface area contributed by atoms with Crippen molar-refractivity contribution < 1.29 is 8.22 Å². The van der Waals surface area contributed by atoms with Crippen LogP contribution in [0, 0.1) is 0 Å². The summed E-state index contributed by atoms with van der Waals surface area (Å²) in [6, 6.07) is 2.84. The molecule has 0 radical (unpaired) electrons. The molecule has 0 aliphatic heterocycles. The van der Waals surface area contributed by atoms with Crippen LogP contribution in [-0.4, -0.2) is 16.8 Å². The Kier molecular flexibility index (Phi) is 12.0. The lowest BCUT2D eigenvalue weighted by molar-refractivity contribution is 0.667. The lowest BCUT2D eigenvalue weighted by Crippen LogP contribution is -2.42. The van der Waals surface area contributed by atoms with Gasteiger partial charge in [-0.2, -0.15) is 0 Å². The Morgan fingerprint density at radius 3 is 0.952 bits per heavy atom. The summed E-state index contributed by atoms with van der Waals surface area (Å²) in [5, 5.41) is 0. The predicted octanol–water partition coefficient (Wildman–Crippen LogP) is 7.56. The largest absolute Gasteiger partial charge is 0.314 e. The van der Waals surface area contributed by atoms with Crippen molar-refractivity contribution in [3.63, 3.8) is 0 Å². The molecule has 0 spiro atoms. The quantitative estimate of drug-likeness (QED) is 0.227. The normalized spacial score (nSPS) is 12.9. The number of rotatable bonds is 14. The molecule has 0 aromatic rings. The average Bonchev–Trinajstić information content (AvgIpc) is 2.47. The van der Waals surface area contributed by atoms with E-state index in [1.807, 2.05) is 0 Å². The van der Waals surface area contributed by atoms with E-state index in [1.165, 1.54) is 0 Å². The molecule has 128 valence electrons. The highest BCUT2D eigenvalue weighted by molar-refractivity contribution is 6.91. The van der Waals surface area contributed by atoms with Crippen LogP contribution < -0.4 is 0 Å². The molecule has 0 unspecified atom stereocenters. The van der Waals surface area contributed by atoms with Crippen molar-refractivity contribution in [2.24, 2.45) is 0 Å². The fourth-order valence-corrected chi connectivity index (χ4v) is 15.0. The number of unbranched alkanes of at least 4 members (excludes halogenated alkanes) is 4. The molecule has 0 bridgehead atoms. The van der Waals surface area contributed by atoms with E-state index in [2.05, 4.69) is 27.7 Å². The smallest absolute Gasteiger partial charge is 0.246 e. The second-order valence-electron chi connectivity index (χ2n) is 6.89. The van der Waals surface area contributed by atoms with Crippen LogP contribution in [0.25, 0.3) is 0 Å². The van der Waals surface area contributed by atoms with E-state index in [9.17, 15) is 0 Å². The topological polar surface area (TPSA) is 0 Å². The minimum Gasteiger partial charge on any atom is -0.314 e. The molecule has 0 aliphatic carbocycles. The predicted molar refractivity (Wildman–Crippen MR) is 97.4 cm³/mol. The fourth-order valence-electron chi connectivity index (χ4n) is 3.15. The third kappa shape index (κ3) is 9.82. The summed E-state index contributed by atoms with van der Waals surface area (Å²) in [4.78, 5) is 0. The van der Waals surface area contributed by atoms with Gasteiger partial charge in [-0.15, -0.1) is 0 Å². The Bertz CT molecular complexity index is 207. The Hall–Kier alpha value is 0.294. The van der Waals surface area contributed by atoms with Gasteiger partial charge in [0.1, 0.15) is 0 Å². The third-order valence-corrected chi connectivity index (χ3v) is 14.6. The first-order chi connectivity index (χ1) is 9.95. The van der Waals surface area contributed by atoms with E-state index in [1.54, 1.807) is 0 Å². The van der Waals surface area contributed by atoms with Crippen molar-refractivity contribution >= 4 is 16.8 Å². The van der Waals surface area contributed by atoms with Crippen LogP contribution in [-0.2, 0) is 0 Å². The third-order valence-electron chi connectivity index (χ3n) is 4.55. The van der Waals surface area contributed by atoms with E-state index >= 15 is 8.22 Å². The maximum absolute atomic E-state index is 15.4. The molecule has 0 heterocycles. The lowest BCUT2D eigenvalue weighted by atomic mass is 10.4. The molecule has 21 heavy (non-hydrogen) atoms. The zero-order valence-corrected chi connectivity index (χ0v) is 16.9. The van der Waals surface area contributed by atoms with Gasteiger partial charge in [-0.25, -0.2) is 0 Å². The minimum absolute atomic E-state index is 0.403. The molecule has 0 nitrogen and oxygen atoms in total. The molecule has 0 fully saturated rings. The Balaban J connectivity index is 4.80. The molecule has 0 rings (SSSR count). The van der Waals surface area contributed by atoms with Gasteiger partial charge in [0, 0.05) is 0 Å². The van der Waals surface area contributed by atoms with Gasteiger partial charge in [0.15, 0.2) is 0 Å². The second kappa shape index (κ2) is 11.8. The van der Waals surface area contributed by atoms with Gasteiger partial charge >= 0.3 is 0 Å². The summed E-state index contributed by atoms with van der Waals surface area (Å²) in [5.74, 6) is 0. The summed E-state index contributed by atoms with van der Waals surface area (Å²) in [6.45, 7) is 8.46. The molecule has 0 amide bonds. The molecule has 0 aromatic heterocycles. The minimum atomic E-state index is -2.84. The zero-order chi connectivity index (χ0) is 16.2. The summed E-state index contributed by atoms with van der Waals surface area (Å²) >= 11 is 0. The SMILES string of the molecule is CCCC[Si](F)(CCCC)C[Si](F)(CCCC)CCCC. The number of hydrogen-bond acceptors (Lipinski definition) is 0. The van der Waals surface area contributed by atoms with Crippen LogP contribution in [0.4, 0.5) is 8.22 Å². The monoisotopic (exact) mass is 336 g/mol. The van der Waals surface area contributed by atoms with E-state index in [4.69, 9.17) is 0 Å². The molecule has 0 aromatic carbocycles. The Labute approximate surface area is 134 Å². The van der Waals surface area contributed by atoms with Crippen LogP contribution in [0.3, 0.4) is 0 Å². The van der Waals surface area contributed by atoms with Crippen LogP contribution in [0.2, 0.25) is 29.8 Å². The molecular formula is C17H38F2Si2. The van der Waals surface area contributed by atoms with Crippen LogP contribution in [0.1, 0.15) is 79.1 Å². The first-order valence-electron chi connectivity index (χ1n) is 9.33. The first-order valence-corrected chi connectivity index (χ1v) is 14.3. The number of hydrogen-bond donors (Lipinski definition) is 0. The van der Waals surface area contributed by atoms with Crippen molar-refractivity contribution in [3.05, 3.63) is 0 Å².